The summed E-state index contributed by atoms with van der Waals surface area (Å²) in [5.74, 6) is 0.808. The first kappa shape index (κ1) is 17.5. The zero-order valence-electron chi connectivity index (χ0n) is 15.2. The fraction of sp³-hybridized carbons (Fsp3) is 0.250. The number of fused-ring (bicyclic) bond motifs is 1. The van der Waals surface area contributed by atoms with Crippen molar-refractivity contribution in [3.63, 3.8) is 0 Å². The van der Waals surface area contributed by atoms with Crippen LogP contribution in [0.5, 0.6) is 0 Å². The predicted molar refractivity (Wildman–Crippen MR) is 105 cm³/mol. The zero-order valence-corrected chi connectivity index (χ0v) is 15.9. The van der Waals surface area contributed by atoms with Crippen LogP contribution in [-0.4, -0.2) is 31.9 Å². The van der Waals surface area contributed by atoms with Crippen molar-refractivity contribution in [3.8, 4) is 5.69 Å². The quantitative estimate of drug-likeness (QED) is 0.723. The van der Waals surface area contributed by atoms with E-state index >= 15 is 0 Å². The number of carbonyl (C=O) groups is 1. The first-order chi connectivity index (χ1) is 13.1. The molecule has 2 aromatic heterocycles. The normalized spacial score (nSPS) is 14.3. The molecule has 1 atom stereocenters. The maximum Gasteiger partial charge on any atom is 0.254 e. The number of hydrogen-bond donors (Lipinski definition) is 1. The van der Waals surface area contributed by atoms with E-state index in [9.17, 15) is 4.79 Å². The molecule has 0 saturated carbocycles. The van der Waals surface area contributed by atoms with Gasteiger partial charge in [0.05, 0.1) is 24.6 Å². The third-order valence-electron chi connectivity index (χ3n) is 4.83. The minimum Gasteiger partial charge on any atom is -0.362 e. The number of aromatic nitrogens is 3. The first-order valence-electron chi connectivity index (χ1n) is 8.90. The van der Waals surface area contributed by atoms with Gasteiger partial charge < -0.3 is 14.8 Å². The Morgan fingerprint density at radius 1 is 1.22 bits per heavy atom. The highest BCUT2D eigenvalue weighted by Gasteiger charge is 2.29. The summed E-state index contributed by atoms with van der Waals surface area (Å²) >= 11 is 5.95. The number of amides is 1. The number of rotatable bonds is 5. The molecule has 1 amide bonds. The zero-order chi connectivity index (χ0) is 19.0. The van der Waals surface area contributed by atoms with Crippen LogP contribution in [0.3, 0.4) is 0 Å². The van der Waals surface area contributed by atoms with Crippen LogP contribution in [0.4, 0.5) is 5.82 Å². The Balaban J connectivity index is 1.55. The number of pyridine rings is 1. The molecule has 1 aliphatic rings. The fourth-order valence-electron chi connectivity index (χ4n) is 3.26. The van der Waals surface area contributed by atoms with Gasteiger partial charge in [-0.05, 0) is 44.2 Å². The SMILES string of the molecule is CCN1Cc2c(ccnc2NC(C)c2cn(-c3ccc(Cl)cc3)cn2)C1=O. The molecule has 3 heterocycles. The summed E-state index contributed by atoms with van der Waals surface area (Å²) in [6.07, 6.45) is 5.44. The molecule has 1 unspecified atom stereocenters. The van der Waals surface area contributed by atoms with E-state index in [-0.39, 0.29) is 11.9 Å². The van der Waals surface area contributed by atoms with Crippen LogP contribution in [0.15, 0.2) is 49.1 Å². The lowest BCUT2D eigenvalue weighted by Crippen LogP contribution is -2.22. The highest BCUT2D eigenvalue weighted by Crippen LogP contribution is 2.29. The lowest BCUT2D eigenvalue weighted by molar-refractivity contribution is 0.0787. The fourth-order valence-corrected chi connectivity index (χ4v) is 3.39. The second-order valence-corrected chi connectivity index (χ2v) is 6.99. The van der Waals surface area contributed by atoms with E-state index in [1.54, 1.807) is 18.6 Å². The Morgan fingerprint density at radius 3 is 2.74 bits per heavy atom. The van der Waals surface area contributed by atoms with Gasteiger partial charge in [-0.3, -0.25) is 4.79 Å². The number of imidazole rings is 1. The molecule has 1 aliphatic heterocycles. The van der Waals surface area contributed by atoms with Gasteiger partial charge in [-0.1, -0.05) is 11.6 Å². The number of nitrogens with zero attached hydrogens (tertiary/aromatic N) is 4. The topological polar surface area (TPSA) is 63.1 Å². The third kappa shape index (κ3) is 3.28. The summed E-state index contributed by atoms with van der Waals surface area (Å²) in [4.78, 5) is 23.1. The molecule has 0 radical (unpaired) electrons. The Bertz CT molecular complexity index is 982. The Hall–Kier alpha value is -2.86. The smallest absolute Gasteiger partial charge is 0.254 e. The summed E-state index contributed by atoms with van der Waals surface area (Å²) < 4.78 is 1.95. The number of halogens is 1. The van der Waals surface area contributed by atoms with Crippen LogP contribution < -0.4 is 5.32 Å². The summed E-state index contributed by atoms with van der Waals surface area (Å²) in [6, 6.07) is 9.34. The van der Waals surface area contributed by atoms with Crippen LogP contribution in [0.2, 0.25) is 5.02 Å². The molecule has 1 aromatic carbocycles. The monoisotopic (exact) mass is 381 g/mol. The minimum absolute atomic E-state index is 0.0525. The van der Waals surface area contributed by atoms with Crippen LogP contribution in [0.1, 0.15) is 41.5 Å². The number of anilines is 1. The number of carbonyl (C=O) groups excluding carboxylic acids is 1. The van der Waals surface area contributed by atoms with Gasteiger partial charge in [0.15, 0.2) is 0 Å². The molecule has 3 aromatic rings. The highest BCUT2D eigenvalue weighted by molar-refractivity contribution is 6.30. The van der Waals surface area contributed by atoms with Gasteiger partial charge in [0.2, 0.25) is 0 Å². The maximum atomic E-state index is 12.4. The Labute approximate surface area is 162 Å². The predicted octanol–water partition coefficient (Wildman–Crippen LogP) is 4.07. The summed E-state index contributed by atoms with van der Waals surface area (Å²) in [5.41, 5.74) is 3.57. The van der Waals surface area contributed by atoms with E-state index in [1.165, 1.54) is 0 Å². The molecule has 0 aliphatic carbocycles. The average Bonchev–Trinajstić information content (AvgIpc) is 3.28. The number of benzene rings is 1. The van der Waals surface area contributed by atoms with Gasteiger partial charge in [-0.15, -0.1) is 0 Å². The standard InChI is InChI=1S/C20H20ClN5O/c1-3-25-10-17-16(20(25)27)8-9-22-19(17)24-13(2)18-11-26(12-23-18)15-6-4-14(21)5-7-15/h4-9,11-13H,3,10H2,1-2H3,(H,22,24). The molecule has 6 nitrogen and oxygen atoms in total. The van der Waals surface area contributed by atoms with Crippen LogP contribution in [0.25, 0.3) is 5.69 Å². The average molecular weight is 382 g/mol. The van der Waals surface area contributed by atoms with Crippen molar-refractivity contribution in [2.45, 2.75) is 26.4 Å². The third-order valence-corrected chi connectivity index (χ3v) is 5.08. The molecule has 7 heteroatoms. The molecule has 0 bridgehead atoms. The van der Waals surface area contributed by atoms with Crippen molar-refractivity contribution in [2.75, 3.05) is 11.9 Å². The second-order valence-electron chi connectivity index (χ2n) is 6.55. The highest BCUT2D eigenvalue weighted by atomic mass is 35.5. The minimum atomic E-state index is -0.0525. The van der Waals surface area contributed by atoms with Gasteiger partial charge in [0, 0.05) is 40.8 Å². The molecule has 138 valence electrons. The molecule has 0 spiro atoms. The van der Waals surface area contributed by atoms with Crippen LogP contribution in [0, 0.1) is 0 Å². The van der Waals surface area contributed by atoms with Crippen molar-refractivity contribution in [1.82, 2.24) is 19.4 Å². The lowest BCUT2D eigenvalue weighted by atomic mass is 10.1. The van der Waals surface area contributed by atoms with Crippen LogP contribution >= 0.6 is 11.6 Å². The van der Waals surface area contributed by atoms with Crippen molar-refractivity contribution < 1.29 is 4.79 Å². The first-order valence-corrected chi connectivity index (χ1v) is 9.28. The van der Waals surface area contributed by atoms with Gasteiger partial charge in [-0.25, -0.2) is 9.97 Å². The van der Waals surface area contributed by atoms with Gasteiger partial charge in [0.1, 0.15) is 5.82 Å². The molecular weight excluding hydrogens is 362 g/mol. The summed E-state index contributed by atoms with van der Waals surface area (Å²) in [6.45, 7) is 5.29. The van der Waals surface area contributed by atoms with E-state index in [4.69, 9.17) is 11.6 Å². The summed E-state index contributed by atoms with van der Waals surface area (Å²) in [7, 11) is 0. The van der Waals surface area contributed by atoms with Crippen molar-refractivity contribution in [3.05, 3.63) is 70.9 Å². The van der Waals surface area contributed by atoms with Crippen molar-refractivity contribution in [1.29, 1.82) is 0 Å². The molecule has 1 N–H and O–H groups in total. The Morgan fingerprint density at radius 2 is 2.00 bits per heavy atom. The van der Waals surface area contributed by atoms with Gasteiger partial charge in [-0.2, -0.15) is 0 Å². The molecule has 0 fully saturated rings. The van der Waals surface area contributed by atoms with Gasteiger partial charge in [0.25, 0.3) is 5.91 Å². The molecule has 0 saturated heterocycles. The number of nitrogens with one attached hydrogen (secondary N) is 1. The van der Waals surface area contributed by atoms with Crippen molar-refractivity contribution >= 4 is 23.3 Å². The van der Waals surface area contributed by atoms with E-state index in [0.717, 1.165) is 28.3 Å². The van der Waals surface area contributed by atoms with E-state index in [2.05, 4.69) is 15.3 Å². The molecule has 4 rings (SSSR count). The maximum absolute atomic E-state index is 12.4. The lowest BCUT2D eigenvalue weighted by Gasteiger charge is -2.15. The second kappa shape index (κ2) is 7.04. The number of hydrogen-bond acceptors (Lipinski definition) is 4. The molecular formula is C20H20ClN5O. The largest absolute Gasteiger partial charge is 0.362 e. The van der Waals surface area contributed by atoms with E-state index in [1.807, 2.05) is 53.8 Å². The van der Waals surface area contributed by atoms with Gasteiger partial charge >= 0.3 is 0 Å². The van der Waals surface area contributed by atoms with E-state index < -0.39 is 0 Å². The summed E-state index contributed by atoms with van der Waals surface area (Å²) in [5, 5.41) is 4.11. The van der Waals surface area contributed by atoms with Crippen LogP contribution in [-0.2, 0) is 6.54 Å². The van der Waals surface area contributed by atoms with E-state index in [0.29, 0.717) is 18.1 Å². The Kier molecular flexibility index (Phi) is 4.58. The molecule has 27 heavy (non-hydrogen) atoms. The van der Waals surface area contributed by atoms with Crippen molar-refractivity contribution in [2.24, 2.45) is 0 Å².